The van der Waals surface area contributed by atoms with Gasteiger partial charge in [0.05, 0.1) is 5.69 Å². The average Bonchev–Trinajstić information content (AvgIpc) is 2.55. The van der Waals surface area contributed by atoms with Crippen molar-refractivity contribution in [1.29, 1.82) is 0 Å². The van der Waals surface area contributed by atoms with Gasteiger partial charge in [0.1, 0.15) is 11.6 Å². The van der Waals surface area contributed by atoms with Crippen LogP contribution in [0.25, 0.3) is 0 Å². The number of para-hydroxylation sites is 1. The van der Waals surface area contributed by atoms with Crippen LogP contribution < -0.4 is 10.1 Å². The van der Waals surface area contributed by atoms with Crippen LogP contribution in [0.4, 0.5) is 10.1 Å². The lowest BCUT2D eigenvalue weighted by Crippen LogP contribution is -2.31. The van der Waals surface area contributed by atoms with Crippen LogP contribution in [0.3, 0.4) is 0 Å². The number of ether oxygens (including phenoxy) is 2. The van der Waals surface area contributed by atoms with Gasteiger partial charge in [-0.15, -0.1) is 0 Å². The highest BCUT2D eigenvalue weighted by atomic mass is 79.9. The van der Waals surface area contributed by atoms with Crippen molar-refractivity contribution in [2.24, 2.45) is 0 Å². The molecule has 1 atom stereocenters. The van der Waals surface area contributed by atoms with Gasteiger partial charge in [0.15, 0.2) is 12.7 Å². The summed E-state index contributed by atoms with van der Waals surface area (Å²) in [7, 11) is 0. The lowest BCUT2D eigenvalue weighted by atomic mass is 10.3. The van der Waals surface area contributed by atoms with E-state index >= 15 is 0 Å². The summed E-state index contributed by atoms with van der Waals surface area (Å²) in [5.74, 6) is -1.41. The molecule has 0 radical (unpaired) electrons. The van der Waals surface area contributed by atoms with Gasteiger partial charge < -0.3 is 14.8 Å². The van der Waals surface area contributed by atoms with Gasteiger partial charge in [-0.25, -0.2) is 9.18 Å². The second kappa shape index (κ2) is 8.44. The Balaban J connectivity index is 1.82. The molecule has 1 N–H and O–H groups in total. The number of esters is 1. The zero-order valence-electron chi connectivity index (χ0n) is 12.8. The summed E-state index contributed by atoms with van der Waals surface area (Å²) in [6, 6.07) is 12.7. The molecule has 24 heavy (non-hydrogen) atoms. The van der Waals surface area contributed by atoms with Crippen LogP contribution in [0.15, 0.2) is 53.0 Å². The monoisotopic (exact) mass is 395 g/mol. The van der Waals surface area contributed by atoms with Crippen molar-refractivity contribution in [2.75, 3.05) is 11.9 Å². The number of nitrogens with one attached hydrogen (secondary N) is 1. The first-order valence-electron chi connectivity index (χ1n) is 7.09. The van der Waals surface area contributed by atoms with Gasteiger partial charge in [-0.05, 0) is 37.3 Å². The number of hydrogen-bond donors (Lipinski definition) is 1. The van der Waals surface area contributed by atoms with Gasteiger partial charge in [-0.2, -0.15) is 0 Å². The van der Waals surface area contributed by atoms with Crippen LogP contribution in [0.5, 0.6) is 5.75 Å². The fraction of sp³-hybridized carbons (Fsp3) is 0.176. The van der Waals surface area contributed by atoms with Crippen molar-refractivity contribution in [3.05, 3.63) is 58.8 Å². The first-order valence-corrected chi connectivity index (χ1v) is 7.88. The molecule has 0 saturated heterocycles. The summed E-state index contributed by atoms with van der Waals surface area (Å²) in [5, 5.41) is 2.36. The number of benzene rings is 2. The summed E-state index contributed by atoms with van der Waals surface area (Å²) in [5.41, 5.74) is 0.0239. The minimum atomic E-state index is -1.08. The number of halogens is 2. The van der Waals surface area contributed by atoms with E-state index in [4.69, 9.17) is 9.47 Å². The van der Waals surface area contributed by atoms with E-state index in [1.54, 1.807) is 24.3 Å². The van der Waals surface area contributed by atoms with Crippen molar-refractivity contribution in [2.45, 2.75) is 13.0 Å². The maximum absolute atomic E-state index is 13.5. The second-order valence-electron chi connectivity index (χ2n) is 4.85. The van der Waals surface area contributed by atoms with Crippen molar-refractivity contribution in [3.63, 3.8) is 0 Å². The maximum Gasteiger partial charge on any atom is 0.344 e. The molecule has 0 saturated carbocycles. The van der Waals surface area contributed by atoms with Gasteiger partial charge in [-0.3, -0.25) is 4.79 Å². The maximum atomic E-state index is 13.5. The number of anilines is 1. The third-order valence-corrected chi connectivity index (χ3v) is 3.46. The molecule has 0 fully saturated rings. The molecule has 0 aromatic heterocycles. The number of carbonyl (C=O) groups is 2. The summed E-state index contributed by atoms with van der Waals surface area (Å²) < 4.78 is 24.5. The third-order valence-electron chi connectivity index (χ3n) is 2.96. The smallest absolute Gasteiger partial charge is 0.344 e. The second-order valence-corrected chi connectivity index (χ2v) is 5.76. The predicted molar refractivity (Wildman–Crippen MR) is 90.2 cm³/mol. The van der Waals surface area contributed by atoms with Crippen LogP contribution in [0.2, 0.25) is 0 Å². The molecule has 5 nitrogen and oxygen atoms in total. The molecule has 0 bridgehead atoms. The number of hydrogen-bond acceptors (Lipinski definition) is 4. The molecule has 0 aliphatic carbocycles. The van der Waals surface area contributed by atoms with E-state index in [1.807, 2.05) is 6.07 Å². The highest BCUT2D eigenvalue weighted by molar-refractivity contribution is 9.10. The summed E-state index contributed by atoms with van der Waals surface area (Å²) >= 11 is 3.29. The van der Waals surface area contributed by atoms with E-state index in [9.17, 15) is 14.0 Å². The Kier molecular flexibility index (Phi) is 6.31. The van der Waals surface area contributed by atoms with Crippen LogP contribution in [0, 0.1) is 5.82 Å². The molecule has 2 aromatic rings. The van der Waals surface area contributed by atoms with Crippen molar-refractivity contribution >= 4 is 33.5 Å². The normalized spacial score (nSPS) is 11.5. The summed E-state index contributed by atoms with van der Waals surface area (Å²) in [4.78, 5) is 23.6. The Morgan fingerprint density at radius 1 is 1.21 bits per heavy atom. The average molecular weight is 396 g/mol. The van der Waals surface area contributed by atoms with E-state index in [2.05, 4.69) is 21.2 Å². The molecule has 1 amide bonds. The molecule has 2 aromatic carbocycles. The minimum absolute atomic E-state index is 0.0239. The Labute approximate surface area is 146 Å². The van der Waals surface area contributed by atoms with E-state index < -0.39 is 23.8 Å². The Morgan fingerprint density at radius 3 is 2.67 bits per heavy atom. The summed E-state index contributed by atoms with van der Waals surface area (Å²) in [6.07, 6.45) is -1.08. The SMILES string of the molecule is C[C@@H](OC(=O)COc1cccc(Br)c1)C(=O)Nc1ccccc1F. The van der Waals surface area contributed by atoms with Crippen LogP contribution in [-0.2, 0) is 14.3 Å². The van der Waals surface area contributed by atoms with Crippen LogP contribution in [-0.4, -0.2) is 24.6 Å². The van der Waals surface area contributed by atoms with Crippen molar-refractivity contribution in [3.8, 4) is 5.75 Å². The minimum Gasteiger partial charge on any atom is -0.482 e. The molecule has 0 aliphatic rings. The number of rotatable bonds is 6. The largest absolute Gasteiger partial charge is 0.482 e. The molecule has 126 valence electrons. The van der Waals surface area contributed by atoms with E-state index in [0.29, 0.717) is 5.75 Å². The van der Waals surface area contributed by atoms with E-state index in [0.717, 1.165) is 4.47 Å². The van der Waals surface area contributed by atoms with Gasteiger partial charge in [0.25, 0.3) is 5.91 Å². The highest BCUT2D eigenvalue weighted by Gasteiger charge is 2.19. The zero-order valence-corrected chi connectivity index (χ0v) is 14.4. The van der Waals surface area contributed by atoms with Crippen LogP contribution >= 0.6 is 15.9 Å². The summed E-state index contributed by atoms with van der Waals surface area (Å²) in [6.45, 7) is 1.06. The quantitative estimate of drug-likeness (QED) is 0.759. The third kappa shape index (κ3) is 5.34. The van der Waals surface area contributed by atoms with Gasteiger partial charge in [0, 0.05) is 4.47 Å². The van der Waals surface area contributed by atoms with Crippen LogP contribution in [0.1, 0.15) is 6.92 Å². The standard InChI is InChI=1S/C17H15BrFNO4/c1-11(17(22)20-15-8-3-2-7-14(15)19)24-16(21)10-23-13-6-4-5-12(18)9-13/h2-9,11H,10H2,1H3,(H,20,22)/t11-/m1/s1. The molecular formula is C17H15BrFNO4. The molecule has 0 heterocycles. The Hall–Kier alpha value is -2.41. The zero-order chi connectivity index (χ0) is 17.5. The Bertz CT molecular complexity index is 738. The molecule has 0 aliphatic heterocycles. The lowest BCUT2D eigenvalue weighted by Gasteiger charge is -2.14. The number of amides is 1. The first-order chi connectivity index (χ1) is 11.5. The lowest BCUT2D eigenvalue weighted by molar-refractivity contribution is -0.155. The van der Waals surface area contributed by atoms with Gasteiger partial charge >= 0.3 is 5.97 Å². The van der Waals surface area contributed by atoms with Gasteiger partial charge in [0.2, 0.25) is 0 Å². The van der Waals surface area contributed by atoms with E-state index in [-0.39, 0.29) is 12.3 Å². The molecule has 0 unspecified atom stereocenters. The predicted octanol–water partition coefficient (Wildman–Crippen LogP) is 3.54. The van der Waals surface area contributed by atoms with Crippen molar-refractivity contribution in [1.82, 2.24) is 0 Å². The molecular weight excluding hydrogens is 381 g/mol. The number of carbonyl (C=O) groups excluding carboxylic acids is 2. The fourth-order valence-electron chi connectivity index (χ4n) is 1.78. The molecule has 2 rings (SSSR count). The fourth-order valence-corrected chi connectivity index (χ4v) is 2.16. The highest BCUT2D eigenvalue weighted by Crippen LogP contribution is 2.17. The molecule has 0 spiro atoms. The van der Waals surface area contributed by atoms with E-state index in [1.165, 1.54) is 25.1 Å². The first kappa shape index (κ1) is 17.9. The molecule has 7 heteroatoms. The van der Waals surface area contributed by atoms with Crippen molar-refractivity contribution < 1.29 is 23.5 Å². The Morgan fingerprint density at radius 2 is 1.96 bits per heavy atom. The topological polar surface area (TPSA) is 64.6 Å². The van der Waals surface area contributed by atoms with Gasteiger partial charge in [-0.1, -0.05) is 34.1 Å².